The Hall–Kier alpha value is -1.06. The SMILES string of the molecule is CC(c1ccc(N(C)C)cc1)N1CCC2CCC(C1)N2. The van der Waals surface area contributed by atoms with Gasteiger partial charge < -0.3 is 10.2 Å². The fourth-order valence-corrected chi connectivity index (χ4v) is 3.58. The maximum absolute atomic E-state index is 3.76. The minimum atomic E-state index is 0.521. The smallest absolute Gasteiger partial charge is 0.0361 e. The summed E-state index contributed by atoms with van der Waals surface area (Å²) < 4.78 is 0. The highest BCUT2D eigenvalue weighted by Crippen LogP contribution is 2.28. The standard InChI is InChI=1S/C17H27N3/c1-13(14-4-8-17(9-5-14)19(2)3)20-11-10-15-6-7-16(12-20)18-15/h4-5,8-9,13,15-16,18H,6-7,10-12H2,1-3H3. The molecule has 3 unspecified atom stereocenters. The molecule has 2 aliphatic rings. The summed E-state index contributed by atoms with van der Waals surface area (Å²) in [5, 5.41) is 3.76. The van der Waals surface area contributed by atoms with Gasteiger partial charge in [-0.15, -0.1) is 0 Å². The van der Waals surface area contributed by atoms with Gasteiger partial charge in [0, 0.05) is 51.0 Å². The van der Waals surface area contributed by atoms with Crippen molar-refractivity contribution in [3.63, 3.8) is 0 Å². The normalized spacial score (nSPS) is 28.1. The number of benzene rings is 1. The molecule has 1 N–H and O–H groups in total. The largest absolute Gasteiger partial charge is 0.378 e. The maximum Gasteiger partial charge on any atom is 0.0361 e. The van der Waals surface area contributed by atoms with Crippen LogP contribution in [0.25, 0.3) is 0 Å². The molecule has 3 rings (SSSR count). The van der Waals surface area contributed by atoms with E-state index in [-0.39, 0.29) is 0 Å². The molecule has 0 aromatic heterocycles. The number of nitrogens with one attached hydrogen (secondary N) is 1. The van der Waals surface area contributed by atoms with Gasteiger partial charge in [-0.3, -0.25) is 4.90 Å². The molecule has 1 aromatic carbocycles. The van der Waals surface area contributed by atoms with Crippen LogP contribution in [0.4, 0.5) is 5.69 Å². The van der Waals surface area contributed by atoms with E-state index in [0.717, 1.165) is 6.04 Å². The van der Waals surface area contributed by atoms with Gasteiger partial charge in [-0.2, -0.15) is 0 Å². The Morgan fingerprint density at radius 1 is 1.10 bits per heavy atom. The molecule has 20 heavy (non-hydrogen) atoms. The van der Waals surface area contributed by atoms with Crippen molar-refractivity contribution in [2.24, 2.45) is 0 Å². The molecule has 3 heteroatoms. The minimum absolute atomic E-state index is 0.521. The van der Waals surface area contributed by atoms with E-state index in [2.05, 4.69) is 60.4 Å². The fourth-order valence-electron chi connectivity index (χ4n) is 3.58. The molecule has 0 spiro atoms. The maximum atomic E-state index is 3.76. The fraction of sp³-hybridized carbons (Fsp3) is 0.647. The zero-order valence-electron chi connectivity index (χ0n) is 13.0. The van der Waals surface area contributed by atoms with E-state index in [1.807, 2.05) is 0 Å². The van der Waals surface area contributed by atoms with Gasteiger partial charge in [-0.05, 0) is 43.9 Å². The molecule has 2 bridgehead atoms. The Morgan fingerprint density at radius 2 is 1.80 bits per heavy atom. The van der Waals surface area contributed by atoms with E-state index in [9.17, 15) is 0 Å². The summed E-state index contributed by atoms with van der Waals surface area (Å²) >= 11 is 0. The summed E-state index contributed by atoms with van der Waals surface area (Å²) in [4.78, 5) is 4.81. The van der Waals surface area contributed by atoms with Crippen molar-refractivity contribution in [1.82, 2.24) is 10.2 Å². The predicted octanol–water partition coefficient (Wildman–Crippen LogP) is 2.64. The molecule has 3 nitrogen and oxygen atoms in total. The van der Waals surface area contributed by atoms with Crippen molar-refractivity contribution in [3.8, 4) is 0 Å². The molecule has 2 fully saturated rings. The van der Waals surface area contributed by atoms with Gasteiger partial charge in [0.2, 0.25) is 0 Å². The monoisotopic (exact) mass is 273 g/mol. The number of rotatable bonds is 3. The average molecular weight is 273 g/mol. The van der Waals surface area contributed by atoms with E-state index in [1.165, 1.54) is 43.6 Å². The second-order valence-electron chi connectivity index (χ2n) is 6.58. The number of likely N-dealkylation sites (tertiary alicyclic amines) is 1. The molecule has 0 aliphatic carbocycles. The topological polar surface area (TPSA) is 18.5 Å². The van der Waals surface area contributed by atoms with Crippen LogP contribution in [-0.2, 0) is 0 Å². The molecular formula is C17H27N3. The summed E-state index contributed by atoms with van der Waals surface area (Å²) in [7, 11) is 4.19. The molecule has 0 radical (unpaired) electrons. The van der Waals surface area contributed by atoms with Crippen LogP contribution in [0.2, 0.25) is 0 Å². The lowest BCUT2D eigenvalue weighted by Gasteiger charge is -2.31. The van der Waals surface area contributed by atoms with E-state index in [4.69, 9.17) is 0 Å². The van der Waals surface area contributed by atoms with E-state index in [1.54, 1.807) is 0 Å². The second-order valence-corrected chi connectivity index (χ2v) is 6.58. The van der Waals surface area contributed by atoms with Crippen LogP contribution >= 0.6 is 0 Å². The first-order valence-corrected chi connectivity index (χ1v) is 7.91. The molecular weight excluding hydrogens is 246 g/mol. The highest BCUT2D eigenvalue weighted by molar-refractivity contribution is 5.46. The zero-order valence-corrected chi connectivity index (χ0v) is 13.0. The molecule has 2 saturated heterocycles. The Bertz CT molecular complexity index is 440. The van der Waals surface area contributed by atoms with Crippen molar-refractivity contribution in [2.75, 3.05) is 32.1 Å². The van der Waals surface area contributed by atoms with E-state index in [0.29, 0.717) is 12.1 Å². The number of anilines is 1. The van der Waals surface area contributed by atoms with Crippen LogP contribution < -0.4 is 10.2 Å². The van der Waals surface area contributed by atoms with Gasteiger partial charge >= 0.3 is 0 Å². The third kappa shape index (κ3) is 2.84. The van der Waals surface area contributed by atoms with Crippen LogP contribution in [0.3, 0.4) is 0 Å². The van der Waals surface area contributed by atoms with Crippen molar-refractivity contribution in [2.45, 2.75) is 44.3 Å². The van der Waals surface area contributed by atoms with Crippen molar-refractivity contribution < 1.29 is 0 Å². The summed E-state index contributed by atoms with van der Waals surface area (Å²) in [6, 6.07) is 11.0. The molecule has 110 valence electrons. The van der Waals surface area contributed by atoms with Crippen LogP contribution in [0.15, 0.2) is 24.3 Å². The highest BCUT2D eigenvalue weighted by Gasteiger charge is 2.31. The average Bonchev–Trinajstić information content (AvgIpc) is 2.78. The van der Waals surface area contributed by atoms with Crippen LogP contribution in [-0.4, -0.2) is 44.2 Å². The zero-order chi connectivity index (χ0) is 14.1. The first-order chi connectivity index (χ1) is 9.63. The van der Waals surface area contributed by atoms with Crippen LogP contribution in [0, 0.1) is 0 Å². The molecule has 0 saturated carbocycles. The summed E-state index contributed by atoms with van der Waals surface area (Å²) in [5.41, 5.74) is 2.71. The van der Waals surface area contributed by atoms with Gasteiger partial charge in [0.05, 0.1) is 0 Å². The van der Waals surface area contributed by atoms with Crippen LogP contribution in [0.1, 0.15) is 37.8 Å². The Labute approximate surface area is 123 Å². The van der Waals surface area contributed by atoms with E-state index < -0.39 is 0 Å². The third-order valence-electron chi connectivity index (χ3n) is 4.99. The molecule has 1 aromatic rings. The summed E-state index contributed by atoms with van der Waals surface area (Å²) in [6.45, 7) is 4.78. The Morgan fingerprint density at radius 3 is 2.50 bits per heavy atom. The lowest BCUT2D eigenvalue weighted by Crippen LogP contribution is -2.36. The minimum Gasteiger partial charge on any atom is -0.378 e. The Balaban J connectivity index is 1.69. The van der Waals surface area contributed by atoms with E-state index >= 15 is 0 Å². The molecule has 2 heterocycles. The van der Waals surface area contributed by atoms with Gasteiger partial charge in [0.15, 0.2) is 0 Å². The highest BCUT2D eigenvalue weighted by atomic mass is 15.2. The predicted molar refractivity (Wildman–Crippen MR) is 85.3 cm³/mol. The first kappa shape index (κ1) is 13.9. The van der Waals surface area contributed by atoms with Crippen molar-refractivity contribution >= 4 is 5.69 Å². The van der Waals surface area contributed by atoms with Crippen molar-refractivity contribution in [1.29, 1.82) is 0 Å². The van der Waals surface area contributed by atoms with Gasteiger partial charge in [0.1, 0.15) is 0 Å². The number of hydrogen-bond acceptors (Lipinski definition) is 3. The second kappa shape index (κ2) is 5.74. The van der Waals surface area contributed by atoms with Crippen molar-refractivity contribution in [3.05, 3.63) is 29.8 Å². The molecule has 3 atom stereocenters. The number of nitrogens with zero attached hydrogens (tertiary/aromatic N) is 2. The lowest BCUT2D eigenvalue weighted by atomic mass is 10.0. The summed E-state index contributed by atoms with van der Waals surface area (Å²) in [5.74, 6) is 0. The molecule has 2 aliphatic heterocycles. The van der Waals surface area contributed by atoms with Crippen LogP contribution in [0.5, 0.6) is 0 Å². The van der Waals surface area contributed by atoms with Gasteiger partial charge in [-0.25, -0.2) is 0 Å². The number of hydrogen-bond donors (Lipinski definition) is 1. The first-order valence-electron chi connectivity index (χ1n) is 7.91. The number of fused-ring (bicyclic) bond motifs is 2. The lowest BCUT2D eigenvalue weighted by molar-refractivity contribution is 0.200. The Kier molecular flexibility index (Phi) is 3.99. The van der Waals surface area contributed by atoms with Gasteiger partial charge in [-0.1, -0.05) is 12.1 Å². The quantitative estimate of drug-likeness (QED) is 0.913. The third-order valence-corrected chi connectivity index (χ3v) is 4.99. The van der Waals surface area contributed by atoms with Gasteiger partial charge in [0.25, 0.3) is 0 Å². The summed E-state index contributed by atoms with van der Waals surface area (Å²) in [6.07, 6.45) is 4.04. The molecule has 0 amide bonds.